The van der Waals surface area contributed by atoms with Crippen LogP contribution in [0, 0.1) is 5.82 Å². The summed E-state index contributed by atoms with van der Waals surface area (Å²) in [7, 11) is 0. The fourth-order valence-electron chi connectivity index (χ4n) is 2.53. The van der Waals surface area contributed by atoms with Crippen molar-refractivity contribution in [2.75, 3.05) is 11.9 Å². The number of rotatable bonds is 4. The highest BCUT2D eigenvalue weighted by molar-refractivity contribution is 9.10. The van der Waals surface area contributed by atoms with Gasteiger partial charge >= 0.3 is 0 Å². The third-order valence-electron chi connectivity index (χ3n) is 3.78. The molecule has 0 aliphatic heterocycles. The molecule has 4 nitrogen and oxygen atoms in total. The molecule has 20 heavy (non-hydrogen) atoms. The van der Waals surface area contributed by atoms with E-state index in [1.54, 1.807) is 24.7 Å². The summed E-state index contributed by atoms with van der Waals surface area (Å²) in [5.74, 6) is 0.321. The highest BCUT2D eigenvalue weighted by Crippen LogP contribution is 2.43. The molecule has 2 aromatic rings. The summed E-state index contributed by atoms with van der Waals surface area (Å²) in [5, 5.41) is 3.19. The van der Waals surface area contributed by atoms with Gasteiger partial charge in [-0.05, 0) is 40.9 Å². The molecule has 1 aliphatic carbocycles. The Bertz CT molecular complexity index is 598. The number of halogens is 2. The van der Waals surface area contributed by atoms with Gasteiger partial charge in [0.15, 0.2) is 0 Å². The van der Waals surface area contributed by atoms with E-state index in [0.29, 0.717) is 18.2 Å². The van der Waals surface area contributed by atoms with Crippen LogP contribution in [0.15, 0.2) is 35.2 Å². The summed E-state index contributed by atoms with van der Waals surface area (Å²) >= 11 is 3.29. The van der Waals surface area contributed by atoms with Crippen molar-refractivity contribution in [3.8, 4) is 0 Å². The molecule has 0 saturated heterocycles. The molecule has 3 rings (SSSR count). The molecular weight excluding hydrogens is 323 g/mol. The summed E-state index contributed by atoms with van der Waals surface area (Å²) in [5.41, 5.74) is 0.317. The molecule has 0 radical (unpaired) electrons. The maximum absolute atomic E-state index is 14.0. The molecule has 0 bridgehead atoms. The standard InChI is InChI=1S/C14H14BrFN4/c15-10-7-18-13(19-8-10)20-9-14(4-2-5-14)12-11(16)3-1-6-17-12/h1,3,6-8H,2,4-5,9H2,(H,18,19,20). The lowest BCUT2D eigenvalue weighted by molar-refractivity contribution is 0.243. The van der Waals surface area contributed by atoms with Gasteiger partial charge in [-0.25, -0.2) is 14.4 Å². The third-order valence-corrected chi connectivity index (χ3v) is 4.19. The molecule has 1 fully saturated rings. The summed E-state index contributed by atoms with van der Waals surface area (Å²) in [4.78, 5) is 12.6. The predicted molar refractivity (Wildman–Crippen MR) is 77.9 cm³/mol. The first-order valence-electron chi connectivity index (χ1n) is 6.52. The minimum Gasteiger partial charge on any atom is -0.353 e. The van der Waals surface area contributed by atoms with Crippen molar-refractivity contribution in [3.63, 3.8) is 0 Å². The molecule has 0 unspecified atom stereocenters. The molecule has 0 atom stereocenters. The Morgan fingerprint density at radius 2 is 2.00 bits per heavy atom. The zero-order valence-electron chi connectivity index (χ0n) is 10.8. The van der Waals surface area contributed by atoms with Crippen molar-refractivity contribution < 1.29 is 4.39 Å². The van der Waals surface area contributed by atoms with Crippen molar-refractivity contribution in [1.29, 1.82) is 0 Å². The van der Waals surface area contributed by atoms with E-state index in [1.165, 1.54) is 6.07 Å². The van der Waals surface area contributed by atoms with E-state index in [1.807, 2.05) is 0 Å². The lowest BCUT2D eigenvalue weighted by Gasteiger charge is -2.41. The Labute approximate surface area is 125 Å². The van der Waals surface area contributed by atoms with Crippen molar-refractivity contribution in [3.05, 3.63) is 46.7 Å². The van der Waals surface area contributed by atoms with Gasteiger partial charge in [0.05, 0.1) is 10.2 Å². The second-order valence-corrected chi connectivity index (χ2v) is 5.96. The average Bonchev–Trinajstić information content (AvgIpc) is 2.41. The Balaban J connectivity index is 1.77. The van der Waals surface area contributed by atoms with Crippen LogP contribution in [-0.4, -0.2) is 21.5 Å². The van der Waals surface area contributed by atoms with Crippen molar-refractivity contribution >= 4 is 21.9 Å². The lowest BCUT2D eigenvalue weighted by Crippen LogP contribution is -2.42. The van der Waals surface area contributed by atoms with Gasteiger partial charge in [-0.1, -0.05) is 6.42 Å². The fraction of sp³-hybridized carbons (Fsp3) is 0.357. The van der Waals surface area contributed by atoms with Gasteiger partial charge in [0.2, 0.25) is 5.95 Å². The van der Waals surface area contributed by atoms with Crippen LogP contribution in [0.3, 0.4) is 0 Å². The second kappa shape index (κ2) is 5.44. The van der Waals surface area contributed by atoms with Crippen LogP contribution in [0.4, 0.5) is 10.3 Å². The van der Waals surface area contributed by atoms with E-state index < -0.39 is 0 Å². The van der Waals surface area contributed by atoms with Gasteiger partial charge in [-0.15, -0.1) is 0 Å². The van der Waals surface area contributed by atoms with E-state index in [0.717, 1.165) is 23.7 Å². The minimum atomic E-state index is -0.234. The number of hydrogen-bond donors (Lipinski definition) is 1. The van der Waals surface area contributed by atoms with Gasteiger partial charge in [0.25, 0.3) is 0 Å². The van der Waals surface area contributed by atoms with Gasteiger partial charge in [0.1, 0.15) is 5.82 Å². The van der Waals surface area contributed by atoms with E-state index in [9.17, 15) is 4.39 Å². The second-order valence-electron chi connectivity index (χ2n) is 5.05. The summed E-state index contributed by atoms with van der Waals surface area (Å²) < 4.78 is 14.8. The van der Waals surface area contributed by atoms with Gasteiger partial charge in [-0.2, -0.15) is 0 Å². The number of pyridine rings is 1. The van der Waals surface area contributed by atoms with Crippen LogP contribution in [-0.2, 0) is 5.41 Å². The fourth-order valence-corrected chi connectivity index (χ4v) is 2.73. The van der Waals surface area contributed by atoms with Gasteiger partial charge in [0, 0.05) is 30.6 Å². The average molecular weight is 337 g/mol. The minimum absolute atomic E-state index is 0.231. The van der Waals surface area contributed by atoms with Crippen LogP contribution in [0.2, 0.25) is 0 Å². The Kier molecular flexibility index (Phi) is 3.65. The quantitative estimate of drug-likeness (QED) is 0.930. The van der Waals surface area contributed by atoms with E-state index >= 15 is 0 Å². The highest BCUT2D eigenvalue weighted by atomic mass is 79.9. The SMILES string of the molecule is Fc1cccnc1C1(CNc2ncc(Br)cn2)CCC1. The largest absolute Gasteiger partial charge is 0.353 e. The van der Waals surface area contributed by atoms with Gasteiger partial charge < -0.3 is 5.32 Å². The monoisotopic (exact) mass is 336 g/mol. The predicted octanol–water partition coefficient (Wildman–Crippen LogP) is 3.31. The first kappa shape index (κ1) is 13.4. The summed E-state index contributed by atoms with van der Waals surface area (Å²) in [6, 6.07) is 3.09. The third kappa shape index (κ3) is 2.52. The van der Waals surface area contributed by atoms with Crippen LogP contribution >= 0.6 is 15.9 Å². The topological polar surface area (TPSA) is 50.7 Å². The molecule has 1 aliphatic rings. The first-order valence-corrected chi connectivity index (χ1v) is 7.31. The molecular formula is C14H14BrFN4. The zero-order valence-corrected chi connectivity index (χ0v) is 12.4. The van der Waals surface area contributed by atoms with Crippen molar-refractivity contribution in [1.82, 2.24) is 15.0 Å². The zero-order chi connectivity index (χ0) is 14.0. The van der Waals surface area contributed by atoms with Crippen LogP contribution in [0.5, 0.6) is 0 Å². The van der Waals surface area contributed by atoms with E-state index in [-0.39, 0.29) is 11.2 Å². The smallest absolute Gasteiger partial charge is 0.222 e. The molecule has 1 N–H and O–H groups in total. The summed E-state index contributed by atoms with van der Waals surface area (Å²) in [6.07, 6.45) is 7.98. The normalized spacial score (nSPS) is 16.5. The number of nitrogens with zero attached hydrogens (tertiary/aromatic N) is 3. The number of hydrogen-bond acceptors (Lipinski definition) is 4. The molecule has 0 aromatic carbocycles. The molecule has 0 amide bonds. The Morgan fingerprint density at radius 1 is 1.25 bits per heavy atom. The number of anilines is 1. The Hall–Kier alpha value is -1.56. The molecule has 1 saturated carbocycles. The molecule has 6 heteroatoms. The summed E-state index contributed by atoms with van der Waals surface area (Å²) in [6.45, 7) is 0.600. The number of nitrogens with one attached hydrogen (secondary N) is 1. The maximum Gasteiger partial charge on any atom is 0.222 e. The maximum atomic E-state index is 14.0. The van der Waals surface area contributed by atoms with Crippen molar-refractivity contribution in [2.24, 2.45) is 0 Å². The molecule has 0 spiro atoms. The van der Waals surface area contributed by atoms with Crippen LogP contribution < -0.4 is 5.32 Å². The first-order chi connectivity index (χ1) is 9.70. The lowest BCUT2D eigenvalue weighted by atomic mass is 9.66. The van der Waals surface area contributed by atoms with E-state index in [4.69, 9.17) is 0 Å². The van der Waals surface area contributed by atoms with E-state index in [2.05, 4.69) is 36.2 Å². The van der Waals surface area contributed by atoms with Gasteiger partial charge in [-0.3, -0.25) is 4.98 Å². The Morgan fingerprint density at radius 3 is 2.60 bits per heavy atom. The van der Waals surface area contributed by atoms with Crippen LogP contribution in [0.25, 0.3) is 0 Å². The number of aromatic nitrogens is 3. The molecule has 2 heterocycles. The van der Waals surface area contributed by atoms with Crippen molar-refractivity contribution in [2.45, 2.75) is 24.7 Å². The molecule has 104 valence electrons. The van der Waals surface area contributed by atoms with Crippen LogP contribution in [0.1, 0.15) is 25.0 Å². The molecule has 2 aromatic heterocycles. The highest BCUT2D eigenvalue weighted by Gasteiger charge is 2.41.